The van der Waals surface area contributed by atoms with Crippen LogP contribution in [-0.4, -0.2) is 79.8 Å². The lowest BCUT2D eigenvalue weighted by molar-refractivity contribution is -0.134. The van der Waals surface area contributed by atoms with E-state index in [2.05, 4.69) is 28.8 Å². The van der Waals surface area contributed by atoms with Crippen LogP contribution in [0.4, 0.5) is 5.69 Å². The summed E-state index contributed by atoms with van der Waals surface area (Å²) >= 11 is 0. The van der Waals surface area contributed by atoms with Crippen LogP contribution in [0.5, 0.6) is 5.75 Å². The second-order valence-corrected chi connectivity index (χ2v) is 12.3. The number of hydrogen-bond acceptors (Lipinski definition) is 8. The van der Waals surface area contributed by atoms with E-state index in [4.69, 9.17) is 9.26 Å². The summed E-state index contributed by atoms with van der Waals surface area (Å²) < 4.78 is 40.2. The summed E-state index contributed by atoms with van der Waals surface area (Å²) in [6, 6.07) is 4.66. The number of carbonyl (C=O) groups excluding carboxylic acids is 1. The Bertz CT molecular complexity index is 1210. The fraction of sp³-hybridized carbons (Fsp3) is 0.615. The number of aromatic nitrogens is 1. The molecule has 0 unspecified atom stereocenters. The number of benzene rings is 1. The number of amides is 1. The summed E-state index contributed by atoms with van der Waals surface area (Å²) in [6.45, 7) is 9.04. The Morgan fingerprint density at radius 3 is 2.62 bits per heavy atom. The molecular weight excluding hydrogens is 496 g/mol. The molecule has 0 spiro atoms. The van der Waals surface area contributed by atoms with Gasteiger partial charge in [-0.2, -0.15) is 0 Å². The average Bonchev–Trinajstić information content (AvgIpc) is 3.56. The third-order valence-electron chi connectivity index (χ3n) is 7.16. The van der Waals surface area contributed by atoms with Crippen molar-refractivity contribution in [3.8, 4) is 5.75 Å². The Kier molecular flexibility index (Phi) is 8.15. The van der Waals surface area contributed by atoms with E-state index in [1.54, 1.807) is 36.9 Å². The molecule has 10 nitrogen and oxygen atoms in total. The summed E-state index contributed by atoms with van der Waals surface area (Å²) in [6.07, 6.45) is 2.36. The van der Waals surface area contributed by atoms with Gasteiger partial charge < -0.3 is 24.2 Å². The van der Waals surface area contributed by atoms with Crippen molar-refractivity contribution in [3.05, 3.63) is 35.2 Å². The van der Waals surface area contributed by atoms with Crippen LogP contribution in [0.25, 0.3) is 0 Å². The maximum Gasteiger partial charge on any atom is 0.267 e. The average molecular weight is 535 g/mol. The highest BCUT2D eigenvalue weighted by Gasteiger charge is 2.32. The molecule has 1 amide bonds. The minimum atomic E-state index is -3.95. The van der Waals surface area contributed by atoms with Crippen molar-refractivity contribution >= 4 is 21.6 Å². The Morgan fingerprint density at radius 2 is 2.00 bits per heavy atom. The quantitative estimate of drug-likeness (QED) is 0.503. The van der Waals surface area contributed by atoms with Crippen LogP contribution in [0.2, 0.25) is 0 Å². The smallest absolute Gasteiger partial charge is 0.267 e. The lowest BCUT2D eigenvalue weighted by Gasteiger charge is -2.34. The van der Waals surface area contributed by atoms with Gasteiger partial charge in [-0.05, 0) is 64.8 Å². The van der Waals surface area contributed by atoms with E-state index in [1.165, 1.54) is 12.8 Å². The molecule has 1 aromatic carbocycles. The molecule has 1 fully saturated rings. The van der Waals surface area contributed by atoms with Gasteiger partial charge in [-0.15, -0.1) is 0 Å². The molecule has 1 aliphatic carbocycles. The lowest BCUT2D eigenvalue weighted by Crippen LogP contribution is -2.47. The van der Waals surface area contributed by atoms with Crippen LogP contribution in [0.3, 0.4) is 0 Å². The van der Waals surface area contributed by atoms with E-state index in [0.29, 0.717) is 30.1 Å². The molecular formula is C26H38N4O6S. The predicted molar refractivity (Wildman–Crippen MR) is 139 cm³/mol. The largest absolute Gasteiger partial charge is 0.488 e. The van der Waals surface area contributed by atoms with E-state index in [9.17, 15) is 18.3 Å². The number of aryl methyl sites for hydroxylation is 2. The molecule has 0 bridgehead atoms. The van der Waals surface area contributed by atoms with Crippen molar-refractivity contribution in [2.24, 2.45) is 11.8 Å². The highest BCUT2D eigenvalue weighted by atomic mass is 32.2. The Labute approximate surface area is 219 Å². The number of nitrogens with zero attached hydrogens (tertiary/aromatic N) is 3. The number of aliphatic hydroxyl groups excluding tert-OH is 1. The van der Waals surface area contributed by atoms with Gasteiger partial charge in [-0.25, -0.2) is 8.42 Å². The highest BCUT2D eigenvalue weighted by molar-refractivity contribution is 7.92. The van der Waals surface area contributed by atoms with Gasteiger partial charge >= 0.3 is 0 Å². The number of hydrogen-bond donors (Lipinski definition) is 2. The fourth-order valence-electron chi connectivity index (χ4n) is 4.90. The van der Waals surface area contributed by atoms with Gasteiger partial charge in [-0.1, -0.05) is 12.1 Å². The number of fused-ring (bicyclic) bond motifs is 1. The number of aliphatic hydroxyl groups is 1. The van der Waals surface area contributed by atoms with Crippen LogP contribution < -0.4 is 9.46 Å². The van der Waals surface area contributed by atoms with Gasteiger partial charge in [0.1, 0.15) is 17.5 Å². The van der Waals surface area contributed by atoms with Crippen molar-refractivity contribution in [1.82, 2.24) is 15.0 Å². The standard InChI is InChI=1S/C26H38N4O6S/c1-16-12-30(17(2)15-31)25(32)11-21-10-22(28-37(33,34)26-18(3)27-36-19(26)4)8-9-23(21)35-24(16)14-29(5)13-20-6-7-20/h8-10,16-17,20,24,28,31H,6-7,11-15H2,1-5H3/t16-,17+,24+/m1/s1. The molecule has 2 N–H and O–H groups in total. The van der Waals surface area contributed by atoms with E-state index >= 15 is 0 Å². The molecule has 4 rings (SSSR count). The molecule has 11 heteroatoms. The summed E-state index contributed by atoms with van der Waals surface area (Å²) in [5.74, 6) is 1.37. The maximum atomic E-state index is 13.4. The predicted octanol–water partition coefficient (Wildman–Crippen LogP) is 2.58. The molecule has 3 atom stereocenters. The summed E-state index contributed by atoms with van der Waals surface area (Å²) in [4.78, 5) is 17.4. The van der Waals surface area contributed by atoms with Crippen LogP contribution in [0, 0.1) is 25.7 Å². The first kappa shape index (κ1) is 27.4. The molecule has 2 heterocycles. The Morgan fingerprint density at radius 1 is 1.27 bits per heavy atom. The number of anilines is 1. The third kappa shape index (κ3) is 6.45. The normalized spacial score (nSPS) is 21.6. The van der Waals surface area contributed by atoms with Gasteiger partial charge in [0.2, 0.25) is 5.91 Å². The summed E-state index contributed by atoms with van der Waals surface area (Å²) in [5, 5.41) is 13.6. The van der Waals surface area contributed by atoms with Crippen molar-refractivity contribution in [1.29, 1.82) is 0 Å². The number of rotatable bonds is 9. The number of likely N-dealkylation sites (N-methyl/N-ethyl adjacent to an activating group) is 1. The second-order valence-electron chi connectivity index (χ2n) is 10.6. The van der Waals surface area contributed by atoms with Crippen molar-refractivity contribution < 1.29 is 27.6 Å². The van der Waals surface area contributed by atoms with E-state index in [-0.39, 0.29) is 53.3 Å². The molecule has 2 aromatic rings. The molecule has 1 aromatic heterocycles. The topological polar surface area (TPSA) is 125 Å². The first-order valence-corrected chi connectivity index (χ1v) is 14.3. The molecule has 37 heavy (non-hydrogen) atoms. The van der Waals surface area contributed by atoms with Crippen molar-refractivity contribution in [2.45, 2.75) is 64.0 Å². The minimum Gasteiger partial charge on any atom is -0.488 e. The molecule has 204 valence electrons. The lowest BCUT2D eigenvalue weighted by atomic mass is 10.0. The zero-order chi connectivity index (χ0) is 26.9. The van der Waals surface area contributed by atoms with Gasteiger partial charge in [0.15, 0.2) is 10.7 Å². The molecule has 0 radical (unpaired) electrons. The van der Waals surface area contributed by atoms with Crippen molar-refractivity contribution in [3.63, 3.8) is 0 Å². The number of nitrogens with one attached hydrogen (secondary N) is 1. The van der Waals surface area contributed by atoms with Gasteiger partial charge in [0, 0.05) is 36.8 Å². The maximum absolute atomic E-state index is 13.4. The zero-order valence-electron chi connectivity index (χ0n) is 22.2. The molecule has 0 saturated heterocycles. The van der Waals surface area contributed by atoms with Crippen LogP contribution in [-0.2, 0) is 21.2 Å². The minimum absolute atomic E-state index is 0.00102. The van der Waals surface area contributed by atoms with E-state index < -0.39 is 10.0 Å². The van der Waals surface area contributed by atoms with Crippen LogP contribution >= 0.6 is 0 Å². The highest BCUT2D eigenvalue weighted by Crippen LogP contribution is 2.32. The zero-order valence-corrected chi connectivity index (χ0v) is 23.0. The Hall–Kier alpha value is -2.63. The first-order valence-electron chi connectivity index (χ1n) is 12.8. The van der Waals surface area contributed by atoms with Crippen molar-refractivity contribution in [2.75, 3.05) is 38.0 Å². The van der Waals surface area contributed by atoms with Crippen LogP contribution in [0.15, 0.2) is 27.6 Å². The second kappa shape index (κ2) is 11.0. The van der Waals surface area contributed by atoms with E-state index in [0.717, 1.165) is 12.5 Å². The van der Waals surface area contributed by atoms with E-state index in [1.807, 2.05) is 6.92 Å². The Balaban J connectivity index is 1.65. The summed E-state index contributed by atoms with van der Waals surface area (Å²) in [7, 11) is -1.86. The molecule has 2 aliphatic rings. The summed E-state index contributed by atoms with van der Waals surface area (Å²) in [5.41, 5.74) is 1.17. The SMILES string of the molecule is Cc1noc(C)c1S(=O)(=O)Nc1ccc2c(c1)CC(=O)N([C@@H](C)CO)C[C@@H](C)[C@H](CN(C)CC1CC1)O2. The van der Waals surface area contributed by atoms with Gasteiger partial charge in [-0.3, -0.25) is 9.52 Å². The molecule has 1 saturated carbocycles. The number of ether oxygens (including phenoxy) is 1. The molecule has 1 aliphatic heterocycles. The third-order valence-corrected chi connectivity index (χ3v) is 8.79. The fourth-order valence-corrected chi connectivity index (χ4v) is 6.28. The van der Waals surface area contributed by atoms with Gasteiger partial charge in [0.05, 0.1) is 19.1 Å². The monoisotopic (exact) mass is 534 g/mol. The van der Waals surface area contributed by atoms with Gasteiger partial charge in [0.25, 0.3) is 10.0 Å². The number of carbonyl (C=O) groups is 1. The number of sulfonamides is 1. The van der Waals surface area contributed by atoms with Crippen LogP contribution in [0.1, 0.15) is 43.7 Å². The first-order chi connectivity index (χ1) is 17.5.